The number of anilines is 1. The van der Waals surface area contributed by atoms with Gasteiger partial charge in [-0.3, -0.25) is 14.5 Å². The van der Waals surface area contributed by atoms with Crippen molar-refractivity contribution < 1.29 is 9.59 Å². The Bertz CT molecular complexity index is 1240. The van der Waals surface area contributed by atoms with Crippen LogP contribution in [0.2, 0.25) is 0 Å². The molecule has 0 aliphatic heterocycles. The van der Waals surface area contributed by atoms with Gasteiger partial charge in [-0.25, -0.2) is 4.68 Å². The molecule has 4 rings (SSSR count). The van der Waals surface area contributed by atoms with Crippen molar-refractivity contribution in [1.29, 1.82) is 0 Å². The number of carbonyl (C=O) groups is 2. The van der Waals surface area contributed by atoms with Gasteiger partial charge in [0, 0.05) is 29.6 Å². The number of para-hydroxylation sites is 1. The van der Waals surface area contributed by atoms with Gasteiger partial charge in [-0.05, 0) is 43.8 Å². The third-order valence-electron chi connectivity index (χ3n) is 5.43. The van der Waals surface area contributed by atoms with E-state index in [-0.39, 0.29) is 11.7 Å². The van der Waals surface area contributed by atoms with E-state index in [9.17, 15) is 9.59 Å². The number of likely N-dealkylation sites (N-methyl/N-ethyl adjacent to an activating group) is 1. The van der Waals surface area contributed by atoms with E-state index in [2.05, 4.69) is 10.4 Å². The second-order valence-corrected chi connectivity index (χ2v) is 7.98. The molecular formula is C27H26N4O2. The number of amides is 1. The highest BCUT2D eigenvalue weighted by Gasteiger charge is 2.26. The van der Waals surface area contributed by atoms with E-state index in [4.69, 9.17) is 0 Å². The van der Waals surface area contributed by atoms with Crippen molar-refractivity contribution in [1.82, 2.24) is 14.7 Å². The molecule has 6 heteroatoms. The lowest BCUT2D eigenvalue weighted by Gasteiger charge is -2.27. The first kappa shape index (κ1) is 22.2. The van der Waals surface area contributed by atoms with Gasteiger partial charge in [0.2, 0.25) is 5.91 Å². The van der Waals surface area contributed by atoms with Crippen molar-refractivity contribution in [3.8, 4) is 5.69 Å². The Morgan fingerprint density at radius 2 is 1.67 bits per heavy atom. The Morgan fingerprint density at radius 1 is 0.970 bits per heavy atom. The maximum Gasteiger partial charge on any atom is 0.246 e. The summed E-state index contributed by atoms with van der Waals surface area (Å²) in [4.78, 5) is 27.1. The summed E-state index contributed by atoms with van der Waals surface area (Å²) in [6.45, 7) is 2.05. The quantitative estimate of drug-likeness (QED) is 0.398. The first-order valence-electron chi connectivity index (χ1n) is 10.8. The first-order valence-corrected chi connectivity index (χ1v) is 10.8. The van der Waals surface area contributed by atoms with Crippen molar-refractivity contribution in [3.63, 3.8) is 0 Å². The summed E-state index contributed by atoms with van der Waals surface area (Å²) in [6.07, 6.45) is 3.79. The van der Waals surface area contributed by atoms with Crippen LogP contribution in [0.1, 0.15) is 34.5 Å². The minimum atomic E-state index is -0.521. The third kappa shape index (κ3) is 5.42. The molecule has 0 saturated carbocycles. The lowest BCUT2D eigenvalue weighted by atomic mass is 10.0. The van der Waals surface area contributed by atoms with E-state index < -0.39 is 6.04 Å². The molecule has 1 heterocycles. The van der Waals surface area contributed by atoms with Crippen LogP contribution in [-0.2, 0) is 11.3 Å². The highest BCUT2D eigenvalue weighted by Crippen LogP contribution is 2.24. The summed E-state index contributed by atoms with van der Waals surface area (Å²) >= 11 is 0. The molecule has 0 fully saturated rings. The van der Waals surface area contributed by atoms with Crippen LogP contribution in [0.5, 0.6) is 0 Å². The Morgan fingerprint density at radius 3 is 2.36 bits per heavy atom. The highest BCUT2D eigenvalue weighted by atomic mass is 16.2. The summed E-state index contributed by atoms with van der Waals surface area (Å²) in [5.74, 6) is -0.210. The molecular weight excluding hydrogens is 412 g/mol. The second-order valence-electron chi connectivity index (χ2n) is 7.98. The van der Waals surface area contributed by atoms with Gasteiger partial charge in [-0.15, -0.1) is 0 Å². The van der Waals surface area contributed by atoms with Crippen molar-refractivity contribution in [2.45, 2.75) is 19.5 Å². The van der Waals surface area contributed by atoms with Crippen LogP contribution in [0.15, 0.2) is 97.3 Å². The summed E-state index contributed by atoms with van der Waals surface area (Å²) < 4.78 is 1.83. The van der Waals surface area contributed by atoms with Gasteiger partial charge < -0.3 is 5.32 Å². The van der Waals surface area contributed by atoms with Crippen molar-refractivity contribution >= 4 is 17.4 Å². The van der Waals surface area contributed by atoms with Gasteiger partial charge in [0.05, 0.1) is 11.9 Å². The number of rotatable bonds is 8. The fourth-order valence-corrected chi connectivity index (χ4v) is 3.81. The number of aromatic nitrogens is 2. The predicted molar refractivity (Wildman–Crippen MR) is 129 cm³/mol. The van der Waals surface area contributed by atoms with Crippen LogP contribution in [0.4, 0.5) is 5.69 Å². The number of hydrogen-bond donors (Lipinski definition) is 1. The Labute approximate surface area is 193 Å². The van der Waals surface area contributed by atoms with Crippen molar-refractivity contribution in [3.05, 3.63) is 114 Å². The molecule has 0 aliphatic carbocycles. The van der Waals surface area contributed by atoms with E-state index in [1.807, 2.05) is 89.7 Å². The molecule has 0 aliphatic rings. The maximum atomic E-state index is 13.4. The highest BCUT2D eigenvalue weighted by molar-refractivity contribution is 5.98. The van der Waals surface area contributed by atoms with Gasteiger partial charge >= 0.3 is 0 Å². The van der Waals surface area contributed by atoms with Crippen LogP contribution in [0.3, 0.4) is 0 Å². The number of nitrogens with one attached hydrogen (secondary N) is 1. The molecule has 33 heavy (non-hydrogen) atoms. The lowest BCUT2D eigenvalue weighted by molar-refractivity contribution is -0.121. The number of hydrogen-bond acceptors (Lipinski definition) is 4. The molecule has 0 bridgehead atoms. The maximum absolute atomic E-state index is 13.4. The zero-order valence-electron chi connectivity index (χ0n) is 18.7. The minimum Gasteiger partial charge on any atom is -0.324 e. The van der Waals surface area contributed by atoms with Gasteiger partial charge in [0.1, 0.15) is 6.04 Å². The molecule has 1 unspecified atom stereocenters. The van der Waals surface area contributed by atoms with Crippen LogP contribution < -0.4 is 5.32 Å². The van der Waals surface area contributed by atoms with Gasteiger partial charge in [0.15, 0.2) is 5.78 Å². The average molecular weight is 439 g/mol. The Kier molecular flexibility index (Phi) is 6.76. The molecule has 1 N–H and O–H groups in total. The summed E-state index contributed by atoms with van der Waals surface area (Å²) in [5, 5.41) is 7.45. The number of Topliss-reactive ketones (excluding diaryl/α,β-unsaturated/α-hetero) is 1. The van der Waals surface area contributed by atoms with Gasteiger partial charge in [0.25, 0.3) is 0 Å². The van der Waals surface area contributed by atoms with Crippen LogP contribution in [-0.4, -0.2) is 33.4 Å². The fourth-order valence-electron chi connectivity index (χ4n) is 3.81. The van der Waals surface area contributed by atoms with E-state index in [0.717, 1.165) is 16.8 Å². The van der Waals surface area contributed by atoms with Crippen LogP contribution in [0.25, 0.3) is 5.69 Å². The summed E-state index contributed by atoms with van der Waals surface area (Å²) in [7, 11) is 1.92. The average Bonchev–Trinajstić information content (AvgIpc) is 3.29. The van der Waals surface area contributed by atoms with E-state index in [1.165, 1.54) is 6.92 Å². The fraction of sp³-hybridized carbons (Fsp3) is 0.148. The first-order chi connectivity index (χ1) is 16.0. The van der Waals surface area contributed by atoms with Crippen molar-refractivity contribution in [2.75, 3.05) is 12.4 Å². The molecule has 4 aromatic rings. The smallest absolute Gasteiger partial charge is 0.246 e. The normalized spacial score (nSPS) is 11.8. The monoisotopic (exact) mass is 438 g/mol. The molecule has 1 amide bonds. The molecule has 166 valence electrons. The lowest BCUT2D eigenvalue weighted by Crippen LogP contribution is -2.34. The third-order valence-corrected chi connectivity index (χ3v) is 5.43. The zero-order chi connectivity index (χ0) is 23.2. The molecule has 6 nitrogen and oxygen atoms in total. The molecule has 1 atom stereocenters. The number of ketones is 1. The Balaban J connectivity index is 1.56. The molecule has 1 aromatic heterocycles. The summed E-state index contributed by atoms with van der Waals surface area (Å²) in [5.41, 5.74) is 4.02. The van der Waals surface area contributed by atoms with E-state index in [0.29, 0.717) is 17.8 Å². The topological polar surface area (TPSA) is 67.2 Å². The van der Waals surface area contributed by atoms with Gasteiger partial charge in [-0.1, -0.05) is 60.7 Å². The number of carbonyl (C=O) groups excluding carboxylic acids is 2. The Hall–Kier alpha value is -4.03. The molecule has 0 spiro atoms. The molecule has 3 aromatic carbocycles. The van der Waals surface area contributed by atoms with Crippen LogP contribution >= 0.6 is 0 Å². The van der Waals surface area contributed by atoms with E-state index >= 15 is 0 Å². The van der Waals surface area contributed by atoms with E-state index in [1.54, 1.807) is 24.3 Å². The molecule has 0 saturated heterocycles. The van der Waals surface area contributed by atoms with Crippen molar-refractivity contribution in [2.24, 2.45) is 0 Å². The summed E-state index contributed by atoms with van der Waals surface area (Å²) in [6, 6.07) is 26.0. The SMILES string of the molecule is CC(=O)c1cccc(NC(=O)C(c2ccccc2)N(C)Cc2cnn(-c3ccccc3)c2)c1. The largest absolute Gasteiger partial charge is 0.324 e. The standard InChI is InChI=1S/C27H26N4O2/c1-20(32)23-12-9-13-24(16-23)29-27(33)26(22-10-5-3-6-11-22)30(2)18-21-17-28-31(19-21)25-14-7-4-8-15-25/h3-17,19,26H,18H2,1-2H3,(H,29,33). The molecule has 0 radical (unpaired) electrons. The van der Waals surface area contributed by atoms with Crippen LogP contribution in [0, 0.1) is 0 Å². The zero-order valence-corrected chi connectivity index (χ0v) is 18.7. The second kappa shape index (κ2) is 10.1. The predicted octanol–water partition coefficient (Wildman–Crippen LogP) is 4.89. The van der Waals surface area contributed by atoms with Gasteiger partial charge in [-0.2, -0.15) is 5.10 Å². The number of benzene rings is 3. The minimum absolute atomic E-state index is 0.0433. The number of nitrogens with zero attached hydrogens (tertiary/aromatic N) is 3.